The van der Waals surface area contributed by atoms with Crippen LogP contribution < -0.4 is 9.62 Å². The SMILES string of the molecule is CC[C@@H](C)NC(=O)[C@@H](CC)N(Cc1c(Cl)cccc1Cl)C(=O)CN(c1ccc(C)c(Cl)c1)S(=O)(=O)c1ccc(C)cc1. The second kappa shape index (κ2) is 14.6. The molecule has 1 N–H and O–H groups in total. The molecule has 0 unspecified atom stereocenters. The van der Waals surface area contributed by atoms with Crippen LogP contribution >= 0.6 is 34.8 Å². The number of anilines is 1. The normalized spacial score (nSPS) is 12.9. The number of nitrogens with zero attached hydrogens (tertiary/aromatic N) is 2. The van der Waals surface area contributed by atoms with Crippen LogP contribution in [0.3, 0.4) is 0 Å². The number of rotatable bonds is 12. The molecule has 0 heterocycles. The number of carbonyl (C=O) groups excluding carboxylic acids is 2. The fraction of sp³-hybridized carbons (Fsp3) is 0.355. The van der Waals surface area contributed by atoms with E-state index in [1.54, 1.807) is 56.3 Å². The summed E-state index contributed by atoms with van der Waals surface area (Å²) in [5.41, 5.74) is 2.31. The third kappa shape index (κ3) is 7.98. The predicted molar refractivity (Wildman–Crippen MR) is 171 cm³/mol. The number of carbonyl (C=O) groups is 2. The topological polar surface area (TPSA) is 86.8 Å². The highest BCUT2D eigenvalue weighted by atomic mass is 35.5. The molecule has 42 heavy (non-hydrogen) atoms. The Bertz CT molecular complexity index is 1510. The van der Waals surface area contributed by atoms with E-state index in [4.69, 9.17) is 34.8 Å². The van der Waals surface area contributed by atoms with Gasteiger partial charge in [-0.3, -0.25) is 13.9 Å². The van der Waals surface area contributed by atoms with Crippen molar-refractivity contribution in [1.82, 2.24) is 10.2 Å². The van der Waals surface area contributed by atoms with Crippen LogP contribution in [0.15, 0.2) is 65.6 Å². The van der Waals surface area contributed by atoms with Gasteiger partial charge < -0.3 is 10.2 Å². The summed E-state index contributed by atoms with van der Waals surface area (Å²) >= 11 is 19.3. The Kier molecular flexibility index (Phi) is 11.7. The molecule has 3 aromatic carbocycles. The maximum absolute atomic E-state index is 14.2. The van der Waals surface area contributed by atoms with Crippen LogP contribution in [-0.2, 0) is 26.2 Å². The molecule has 0 radical (unpaired) electrons. The zero-order chi connectivity index (χ0) is 31.2. The van der Waals surface area contributed by atoms with E-state index < -0.39 is 28.5 Å². The van der Waals surface area contributed by atoms with Gasteiger partial charge in [0.25, 0.3) is 10.0 Å². The van der Waals surface area contributed by atoms with Gasteiger partial charge in [0.1, 0.15) is 12.6 Å². The minimum absolute atomic E-state index is 0.0138. The van der Waals surface area contributed by atoms with Crippen molar-refractivity contribution < 1.29 is 18.0 Å². The minimum atomic E-state index is -4.22. The van der Waals surface area contributed by atoms with Gasteiger partial charge in [-0.05, 0) is 75.6 Å². The first kappa shape index (κ1) is 33.7. The van der Waals surface area contributed by atoms with Crippen molar-refractivity contribution in [3.8, 4) is 0 Å². The summed E-state index contributed by atoms with van der Waals surface area (Å²) in [6.07, 6.45) is 0.973. The average Bonchev–Trinajstić information content (AvgIpc) is 2.94. The highest BCUT2D eigenvalue weighted by Gasteiger charge is 2.34. The lowest BCUT2D eigenvalue weighted by atomic mass is 10.1. The lowest BCUT2D eigenvalue weighted by Crippen LogP contribution is -2.53. The zero-order valence-electron chi connectivity index (χ0n) is 24.3. The van der Waals surface area contributed by atoms with Crippen LogP contribution in [0.5, 0.6) is 0 Å². The van der Waals surface area contributed by atoms with Gasteiger partial charge in [-0.15, -0.1) is 0 Å². The molecule has 0 aliphatic carbocycles. The van der Waals surface area contributed by atoms with Crippen LogP contribution in [-0.4, -0.2) is 43.8 Å². The van der Waals surface area contributed by atoms with Gasteiger partial charge in [0.2, 0.25) is 11.8 Å². The highest BCUT2D eigenvalue weighted by molar-refractivity contribution is 7.92. The Morgan fingerprint density at radius 1 is 0.881 bits per heavy atom. The van der Waals surface area contributed by atoms with Crippen LogP contribution in [0.1, 0.15) is 50.3 Å². The second-order valence-corrected chi connectivity index (χ2v) is 13.3. The third-order valence-corrected chi connectivity index (χ3v) is 10.0. The molecule has 3 aromatic rings. The Morgan fingerprint density at radius 3 is 2.05 bits per heavy atom. The van der Waals surface area contributed by atoms with Crippen LogP contribution in [0, 0.1) is 13.8 Å². The molecule has 0 saturated carbocycles. The number of amides is 2. The second-order valence-electron chi connectivity index (χ2n) is 10.2. The first-order valence-electron chi connectivity index (χ1n) is 13.7. The number of hydrogen-bond acceptors (Lipinski definition) is 4. The van der Waals surface area contributed by atoms with Gasteiger partial charge in [-0.1, -0.05) is 78.5 Å². The van der Waals surface area contributed by atoms with Crippen molar-refractivity contribution in [3.05, 3.63) is 92.4 Å². The fourth-order valence-electron chi connectivity index (χ4n) is 4.32. The number of benzene rings is 3. The summed E-state index contributed by atoms with van der Waals surface area (Å²) in [6.45, 7) is 8.56. The molecule has 2 atom stereocenters. The van der Waals surface area contributed by atoms with Crippen LogP contribution in [0.4, 0.5) is 5.69 Å². The molecule has 0 aliphatic heterocycles. The Labute approximate surface area is 263 Å². The van der Waals surface area contributed by atoms with Crippen LogP contribution in [0.2, 0.25) is 15.1 Å². The molecule has 7 nitrogen and oxygen atoms in total. The monoisotopic (exact) mass is 651 g/mol. The number of hydrogen-bond donors (Lipinski definition) is 1. The molecule has 0 saturated heterocycles. The maximum atomic E-state index is 14.2. The van der Waals surface area contributed by atoms with E-state index >= 15 is 0 Å². The van der Waals surface area contributed by atoms with E-state index in [2.05, 4.69) is 5.32 Å². The predicted octanol–water partition coefficient (Wildman–Crippen LogP) is 7.18. The lowest BCUT2D eigenvalue weighted by Gasteiger charge is -2.34. The standard InChI is InChI=1S/C31H36Cl3N3O4S/c1-6-22(5)35-31(39)29(7-2)36(18-25-26(32)9-8-10-27(25)33)30(38)19-37(23-14-13-21(4)28(34)17-23)42(40,41)24-15-11-20(3)12-16-24/h8-17,22,29H,6-7,18-19H2,1-5H3,(H,35,39)/t22-,29-/m1/s1. The summed E-state index contributed by atoms with van der Waals surface area (Å²) in [4.78, 5) is 29.0. The van der Waals surface area contributed by atoms with Crippen LogP contribution in [0.25, 0.3) is 0 Å². The van der Waals surface area contributed by atoms with Crippen molar-refractivity contribution in [3.63, 3.8) is 0 Å². The lowest BCUT2D eigenvalue weighted by molar-refractivity contribution is -0.140. The molecule has 0 bridgehead atoms. The van der Waals surface area contributed by atoms with Gasteiger partial charge in [0, 0.05) is 33.2 Å². The molecule has 2 amide bonds. The van der Waals surface area contributed by atoms with Gasteiger partial charge in [-0.25, -0.2) is 8.42 Å². The summed E-state index contributed by atoms with van der Waals surface area (Å²) in [5, 5.41) is 3.94. The van der Waals surface area contributed by atoms with Crippen molar-refractivity contribution in [2.75, 3.05) is 10.8 Å². The first-order chi connectivity index (χ1) is 19.8. The number of halogens is 3. The molecule has 0 aromatic heterocycles. The summed E-state index contributed by atoms with van der Waals surface area (Å²) in [6, 6.07) is 15.1. The largest absolute Gasteiger partial charge is 0.352 e. The smallest absolute Gasteiger partial charge is 0.264 e. The summed E-state index contributed by atoms with van der Waals surface area (Å²) in [5.74, 6) is -0.959. The van der Waals surface area contributed by atoms with Crippen molar-refractivity contribution in [2.24, 2.45) is 0 Å². The molecule has 3 rings (SSSR count). The van der Waals surface area contributed by atoms with Gasteiger partial charge in [-0.2, -0.15) is 0 Å². The molecule has 0 fully saturated rings. The van der Waals surface area contributed by atoms with Crippen molar-refractivity contribution in [1.29, 1.82) is 0 Å². The third-order valence-electron chi connectivity index (χ3n) is 7.11. The molecular formula is C31H36Cl3N3O4S. The quantitative estimate of drug-likeness (QED) is 0.225. The number of sulfonamides is 1. The molecule has 0 spiro atoms. The molecule has 0 aliphatic rings. The Balaban J connectivity index is 2.12. The zero-order valence-corrected chi connectivity index (χ0v) is 27.4. The highest BCUT2D eigenvalue weighted by Crippen LogP contribution is 2.30. The van der Waals surface area contributed by atoms with E-state index in [1.165, 1.54) is 23.1 Å². The average molecular weight is 653 g/mol. The maximum Gasteiger partial charge on any atom is 0.264 e. The van der Waals surface area contributed by atoms with E-state index in [1.807, 2.05) is 20.8 Å². The molecule has 226 valence electrons. The molecule has 11 heteroatoms. The number of aryl methyl sites for hydroxylation is 2. The summed E-state index contributed by atoms with van der Waals surface area (Å²) < 4.78 is 29.0. The van der Waals surface area contributed by atoms with E-state index in [-0.39, 0.29) is 35.5 Å². The van der Waals surface area contributed by atoms with Gasteiger partial charge >= 0.3 is 0 Å². The summed E-state index contributed by atoms with van der Waals surface area (Å²) in [7, 11) is -4.22. The van der Waals surface area contributed by atoms with Gasteiger partial charge in [0.05, 0.1) is 10.6 Å². The van der Waals surface area contributed by atoms with E-state index in [0.717, 1.165) is 15.4 Å². The number of nitrogens with one attached hydrogen (secondary N) is 1. The Hall–Kier alpha value is -2.78. The van der Waals surface area contributed by atoms with E-state index in [0.29, 0.717) is 27.1 Å². The van der Waals surface area contributed by atoms with Gasteiger partial charge in [0.15, 0.2) is 0 Å². The van der Waals surface area contributed by atoms with E-state index in [9.17, 15) is 18.0 Å². The van der Waals surface area contributed by atoms with Crippen molar-refractivity contribution >= 4 is 62.3 Å². The Morgan fingerprint density at radius 2 is 1.50 bits per heavy atom. The molecular weight excluding hydrogens is 617 g/mol. The first-order valence-corrected chi connectivity index (χ1v) is 16.3. The fourth-order valence-corrected chi connectivity index (χ4v) is 6.42. The minimum Gasteiger partial charge on any atom is -0.352 e. The van der Waals surface area contributed by atoms with Crippen molar-refractivity contribution in [2.45, 2.75) is 71.0 Å².